The number of piperidine rings is 1. The van der Waals surface area contributed by atoms with Crippen molar-refractivity contribution in [2.45, 2.75) is 44.1 Å². The van der Waals surface area contributed by atoms with Gasteiger partial charge in [0.1, 0.15) is 16.5 Å². The Balaban J connectivity index is 1.89. The molecule has 1 aromatic rings. The highest BCUT2D eigenvalue weighted by molar-refractivity contribution is 7.89. The van der Waals surface area contributed by atoms with Gasteiger partial charge in [-0.1, -0.05) is 0 Å². The molecule has 1 heterocycles. The van der Waals surface area contributed by atoms with Crippen LogP contribution in [0.4, 0.5) is 4.39 Å². The maximum Gasteiger partial charge on any atom is 0.246 e. The van der Waals surface area contributed by atoms with Crippen LogP contribution in [0.3, 0.4) is 0 Å². The van der Waals surface area contributed by atoms with Gasteiger partial charge in [0.2, 0.25) is 15.9 Å². The van der Waals surface area contributed by atoms with Crippen LogP contribution in [0.2, 0.25) is 0 Å². The molecule has 28 heavy (non-hydrogen) atoms. The van der Waals surface area contributed by atoms with Gasteiger partial charge in [0.15, 0.2) is 0 Å². The van der Waals surface area contributed by atoms with E-state index in [9.17, 15) is 17.6 Å². The Morgan fingerprint density at radius 1 is 1.32 bits per heavy atom. The van der Waals surface area contributed by atoms with Gasteiger partial charge < -0.3 is 14.8 Å². The van der Waals surface area contributed by atoms with E-state index in [2.05, 4.69) is 5.32 Å². The summed E-state index contributed by atoms with van der Waals surface area (Å²) in [5.74, 6) is -0.836. The first-order valence-corrected chi connectivity index (χ1v) is 10.9. The quantitative estimate of drug-likeness (QED) is 0.624. The van der Waals surface area contributed by atoms with Crippen molar-refractivity contribution in [1.29, 1.82) is 0 Å². The van der Waals surface area contributed by atoms with Crippen molar-refractivity contribution < 1.29 is 27.1 Å². The SMILES string of the molecule is COc1ccc(F)cc1S(=O)(=O)N1CCC(C(=O)NCCCOC(C)C)CC1. The van der Waals surface area contributed by atoms with Gasteiger partial charge in [-0.25, -0.2) is 12.8 Å². The smallest absolute Gasteiger partial charge is 0.246 e. The fourth-order valence-corrected chi connectivity index (χ4v) is 4.73. The number of halogens is 1. The number of nitrogens with one attached hydrogen (secondary N) is 1. The maximum absolute atomic E-state index is 13.6. The molecule has 1 N–H and O–H groups in total. The molecule has 0 bridgehead atoms. The predicted molar refractivity (Wildman–Crippen MR) is 103 cm³/mol. The highest BCUT2D eigenvalue weighted by Crippen LogP contribution is 2.30. The van der Waals surface area contributed by atoms with Crippen molar-refractivity contribution in [1.82, 2.24) is 9.62 Å². The molecular weight excluding hydrogens is 387 g/mol. The molecule has 1 aliphatic heterocycles. The first kappa shape index (κ1) is 22.6. The molecule has 0 saturated carbocycles. The van der Waals surface area contributed by atoms with Crippen LogP contribution in [0.25, 0.3) is 0 Å². The van der Waals surface area contributed by atoms with Crippen LogP contribution in [-0.4, -0.2) is 58.1 Å². The number of methoxy groups -OCH3 is 1. The zero-order valence-electron chi connectivity index (χ0n) is 16.6. The summed E-state index contributed by atoms with van der Waals surface area (Å²) in [4.78, 5) is 12.1. The second-order valence-corrected chi connectivity index (χ2v) is 8.94. The van der Waals surface area contributed by atoms with Crippen molar-refractivity contribution in [2.24, 2.45) is 5.92 Å². The number of carbonyl (C=O) groups is 1. The topological polar surface area (TPSA) is 84.9 Å². The van der Waals surface area contributed by atoms with Gasteiger partial charge >= 0.3 is 0 Å². The number of nitrogens with zero attached hydrogens (tertiary/aromatic N) is 1. The third-order valence-electron chi connectivity index (χ3n) is 4.64. The van der Waals surface area contributed by atoms with E-state index in [1.165, 1.54) is 17.5 Å². The molecule has 0 aromatic heterocycles. The number of hydrogen-bond acceptors (Lipinski definition) is 5. The summed E-state index contributed by atoms with van der Waals surface area (Å²) < 4.78 is 51.1. The molecule has 1 amide bonds. The summed E-state index contributed by atoms with van der Waals surface area (Å²) in [5, 5.41) is 2.88. The normalized spacial score (nSPS) is 16.3. The Morgan fingerprint density at radius 2 is 2.00 bits per heavy atom. The third kappa shape index (κ3) is 5.89. The van der Waals surface area contributed by atoms with E-state index >= 15 is 0 Å². The van der Waals surface area contributed by atoms with E-state index in [1.54, 1.807) is 0 Å². The van der Waals surface area contributed by atoms with E-state index in [1.807, 2.05) is 13.8 Å². The fourth-order valence-electron chi connectivity index (χ4n) is 3.10. The van der Waals surface area contributed by atoms with Crippen LogP contribution in [-0.2, 0) is 19.6 Å². The van der Waals surface area contributed by atoms with Crippen molar-refractivity contribution in [2.75, 3.05) is 33.4 Å². The van der Waals surface area contributed by atoms with Crippen LogP contribution in [0.5, 0.6) is 5.75 Å². The summed E-state index contributed by atoms with van der Waals surface area (Å²) in [6.07, 6.45) is 1.74. The lowest BCUT2D eigenvalue weighted by Crippen LogP contribution is -2.43. The molecule has 1 aromatic carbocycles. The Kier molecular flexibility index (Phi) is 8.21. The number of sulfonamides is 1. The first-order chi connectivity index (χ1) is 13.3. The van der Waals surface area contributed by atoms with E-state index in [0.29, 0.717) is 26.0 Å². The lowest BCUT2D eigenvalue weighted by Gasteiger charge is -2.30. The third-order valence-corrected chi connectivity index (χ3v) is 6.56. The zero-order valence-corrected chi connectivity index (χ0v) is 17.4. The number of carbonyl (C=O) groups excluding carboxylic acids is 1. The minimum Gasteiger partial charge on any atom is -0.495 e. The molecule has 7 nitrogen and oxygen atoms in total. The fraction of sp³-hybridized carbons (Fsp3) is 0.632. The molecule has 1 aliphatic rings. The van der Waals surface area contributed by atoms with Crippen LogP contribution >= 0.6 is 0 Å². The second kappa shape index (κ2) is 10.2. The molecule has 0 atom stereocenters. The summed E-state index contributed by atoms with van der Waals surface area (Å²) in [6.45, 7) is 5.45. The van der Waals surface area contributed by atoms with Gasteiger partial charge in [-0.05, 0) is 51.3 Å². The zero-order chi connectivity index (χ0) is 20.7. The van der Waals surface area contributed by atoms with E-state index in [0.717, 1.165) is 18.6 Å². The van der Waals surface area contributed by atoms with E-state index in [4.69, 9.17) is 9.47 Å². The average Bonchev–Trinajstić information content (AvgIpc) is 2.67. The van der Waals surface area contributed by atoms with Crippen LogP contribution in [0, 0.1) is 11.7 Å². The molecule has 2 rings (SSSR count). The van der Waals surface area contributed by atoms with Crippen molar-refractivity contribution in [3.8, 4) is 5.75 Å². The monoisotopic (exact) mass is 416 g/mol. The summed E-state index contributed by atoms with van der Waals surface area (Å²) in [6, 6.07) is 3.41. The van der Waals surface area contributed by atoms with E-state index < -0.39 is 15.8 Å². The lowest BCUT2D eigenvalue weighted by atomic mass is 9.97. The van der Waals surface area contributed by atoms with Crippen LogP contribution in [0.15, 0.2) is 23.1 Å². The summed E-state index contributed by atoms with van der Waals surface area (Å²) in [7, 11) is -2.55. The van der Waals surface area contributed by atoms with E-state index in [-0.39, 0.29) is 41.7 Å². The average molecular weight is 417 g/mol. The maximum atomic E-state index is 13.6. The minimum atomic E-state index is -3.89. The number of rotatable bonds is 9. The van der Waals surface area contributed by atoms with Crippen LogP contribution in [0.1, 0.15) is 33.1 Å². The predicted octanol–water partition coefficient (Wildman–Crippen LogP) is 2.17. The lowest BCUT2D eigenvalue weighted by molar-refractivity contribution is -0.126. The Bertz CT molecular complexity index is 762. The largest absolute Gasteiger partial charge is 0.495 e. The summed E-state index contributed by atoms with van der Waals surface area (Å²) >= 11 is 0. The molecule has 1 saturated heterocycles. The van der Waals surface area contributed by atoms with Gasteiger partial charge in [0.25, 0.3) is 0 Å². The molecule has 0 spiro atoms. The Labute approximate surface area is 166 Å². The van der Waals surface area contributed by atoms with Crippen molar-refractivity contribution in [3.05, 3.63) is 24.0 Å². The number of benzene rings is 1. The molecular formula is C19H29FN2O5S. The van der Waals surface area contributed by atoms with Gasteiger partial charge in [-0.15, -0.1) is 0 Å². The highest BCUT2D eigenvalue weighted by atomic mass is 32.2. The molecule has 0 aliphatic carbocycles. The highest BCUT2D eigenvalue weighted by Gasteiger charge is 2.33. The molecule has 0 radical (unpaired) electrons. The van der Waals surface area contributed by atoms with Gasteiger partial charge in [-0.3, -0.25) is 4.79 Å². The Hall–Kier alpha value is -1.71. The minimum absolute atomic E-state index is 0.0649. The Morgan fingerprint density at radius 3 is 2.61 bits per heavy atom. The van der Waals surface area contributed by atoms with Gasteiger partial charge in [0.05, 0.1) is 13.2 Å². The van der Waals surface area contributed by atoms with Crippen LogP contribution < -0.4 is 10.1 Å². The molecule has 9 heteroatoms. The van der Waals surface area contributed by atoms with Gasteiger partial charge in [-0.2, -0.15) is 4.31 Å². The number of ether oxygens (including phenoxy) is 2. The molecule has 1 fully saturated rings. The van der Waals surface area contributed by atoms with Gasteiger partial charge in [0, 0.05) is 32.2 Å². The standard InChI is InChI=1S/C19H29FN2O5S/c1-14(2)27-12-4-9-21-19(23)15-7-10-22(11-8-15)28(24,25)18-13-16(20)5-6-17(18)26-3/h5-6,13-15H,4,7-12H2,1-3H3,(H,21,23). The number of amides is 1. The molecule has 158 valence electrons. The number of hydrogen-bond donors (Lipinski definition) is 1. The summed E-state index contributed by atoms with van der Waals surface area (Å²) in [5.41, 5.74) is 0. The van der Waals surface area contributed by atoms with Crippen molar-refractivity contribution >= 4 is 15.9 Å². The molecule has 0 unspecified atom stereocenters. The first-order valence-electron chi connectivity index (χ1n) is 9.48. The second-order valence-electron chi connectivity index (χ2n) is 7.04. The van der Waals surface area contributed by atoms with Crippen molar-refractivity contribution in [3.63, 3.8) is 0 Å².